The Labute approximate surface area is 70.8 Å². The topological polar surface area (TPSA) is 88.4 Å². The van der Waals surface area contributed by atoms with Crippen LogP contribution in [0.4, 0.5) is 0 Å². The monoisotopic (exact) mass is 174 g/mol. The van der Waals surface area contributed by atoms with Crippen molar-refractivity contribution in [1.29, 1.82) is 0 Å². The molecule has 1 aliphatic rings. The van der Waals surface area contributed by atoms with Gasteiger partial charge in [0, 0.05) is 19.6 Å². The summed E-state index contributed by atoms with van der Waals surface area (Å²) in [5.41, 5.74) is 2.42. The molecule has 0 radical (unpaired) electrons. The summed E-state index contributed by atoms with van der Waals surface area (Å²) in [6.07, 6.45) is 0.0675. The van der Waals surface area contributed by atoms with Gasteiger partial charge in [0.15, 0.2) is 0 Å². The zero-order valence-corrected chi connectivity index (χ0v) is 6.96. The highest BCUT2D eigenvalue weighted by molar-refractivity contribution is 5.77. The van der Waals surface area contributed by atoms with Crippen molar-refractivity contribution in [2.24, 2.45) is 5.84 Å². The van der Waals surface area contributed by atoms with Crippen LogP contribution < -0.4 is 21.9 Å². The lowest BCUT2D eigenvalue weighted by molar-refractivity contribution is -0.125. The molecule has 1 aliphatic heterocycles. The van der Waals surface area contributed by atoms with Gasteiger partial charge in [-0.25, -0.2) is 5.43 Å². The number of rotatable bonds is 3. The molecule has 12 heavy (non-hydrogen) atoms. The molecule has 1 fully saturated rings. The maximum absolute atomic E-state index is 11.0. The van der Waals surface area contributed by atoms with Gasteiger partial charge in [-0.05, 0) is 0 Å². The third-order valence-corrected chi connectivity index (χ3v) is 1.67. The van der Waals surface area contributed by atoms with Crippen LogP contribution in [0.5, 0.6) is 0 Å². The molecule has 2 atom stereocenters. The fourth-order valence-electron chi connectivity index (χ4n) is 1.18. The number of hydrogen-bond donors (Lipinski definition) is 4. The summed E-state index contributed by atoms with van der Waals surface area (Å²) in [6.45, 7) is 0.506. The minimum atomic E-state index is -0.355. The van der Waals surface area contributed by atoms with Gasteiger partial charge >= 0.3 is 0 Å². The van der Waals surface area contributed by atoms with Crippen molar-refractivity contribution >= 4 is 5.91 Å². The van der Waals surface area contributed by atoms with Crippen LogP contribution in [0.1, 0.15) is 6.42 Å². The van der Waals surface area contributed by atoms with Crippen molar-refractivity contribution in [2.45, 2.75) is 18.8 Å². The number of carbonyl (C=O) groups is 1. The number of carbonyl (C=O) groups excluding carboxylic acids is 1. The molecule has 2 unspecified atom stereocenters. The van der Waals surface area contributed by atoms with Gasteiger partial charge in [0.25, 0.3) is 0 Å². The van der Waals surface area contributed by atoms with E-state index in [0.29, 0.717) is 13.0 Å². The van der Waals surface area contributed by atoms with Gasteiger partial charge in [0.05, 0.1) is 6.61 Å². The summed E-state index contributed by atoms with van der Waals surface area (Å²) < 4.78 is 4.91. The Morgan fingerprint density at radius 1 is 1.83 bits per heavy atom. The standard InChI is InChI=1S/C6H14N4O2/c1-12-3-4-2-5(11)9-6(8-4)10-7/h4,6,8,10H,2-3,7H2,1H3,(H,9,11). The van der Waals surface area contributed by atoms with E-state index in [1.807, 2.05) is 0 Å². The Morgan fingerprint density at radius 2 is 2.58 bits per heavy atom. The molecular formula is C6H14N4O2. The van der Waals surface area contributed by atoms with E-state index >= 15 is 0 Å². The molecule has 1 heterocycles. The molecule has 0 aliphatic carbocycles. The van der Waals surface area contributed by atoms with E-state index in [9.17, 15) is 4.79 Å². The minimum Gasteiger partial charge on any atom is -0.383 e. The van der Waals surface area contributed by atoms with Crippen LogP contribution in [0.25, 0.3) is 0 Å². The molecule has 0 bridgehead atoms. The molecule has 6 nitrogen and oxygen atoms in total. The molecule has 0 aromatic heterocycles. The summed E-state index contributed by atoms with van der Waals surface area (Å²) in [5, 5.41) is 5.65. The smallest absolute Gasteiger partial charge is 0.223 e. The largest absolute Gasteiger partial charge is 0.383 e. The first-order valence-electron chi connectivity index (χ1n) is 3.76. The number of methoxy groups -OCH3 is 1. The van der Waals surface area contributed by atoms with E-state index in [1.165, 1.54) is 0 Å². The van der Waals surface area contributed by atoms with E-state index in [0.717, 1.165) is 0 Å². The highest BCUT2D eigenvalue weighted by atomic mass is 16.5. The molecule has 5 N–H and O–H groups in total. The molecule has 70 valence electrons. The summed E-state index contributed by atoms with van der Waals surface area (Å²) in [4.78, 5) is 11.0. The maximum Gasteiger partial charge on any atom is 0.223 e. The summed E-state index contributed by atoms with van der Waals surface area (Å²) in [5.74, 6) is 5.13. The van der Waals surface area contributed by atoms with Gasteiger partial charge in [-0.2, -0.15) is 0 Å². The quantitative estimate of drug-likeness (QED) is 0.289. The van der Waals surface area contributed by atoms with E-state index in [1.54, 1.807) is 7.11 Å². The van der Waals surface area contributed by atoms with Crippen LogP contribution in [0.2, 0.25) is 0 Å². The van der Waals surface area contributed by atoms with Gasteiger partial charge < -0.3 is 10.1 Å². The summed E-state index contributed by atoms with van der Waals surface area (Å²) in [6, 6.07) is 0.0322. The fraction of sp³-hybridized carbons (Fsp3) is 0.833. The normalized spacial score (nSPS) is 30.0. The lowest BCUT2D eigenvalue weighted by atomic mass is 10.2. The molecule has 0 aromatic carbocycles. The van der Waals surface area contributed by atoms with Crippen molar-refractivity contribution in [3.8, 4) is 0 Å². The Morgan fingerprint density at radius 3 is 3.17 bits per heavy atom. The third kappa shape index (κ3) is 2.42. The van der Waals surface area contributed by atoms with Gasteiger partial charge in [-0.15, -0.1) is 0 Å². The lowest BCUT2D eigenvalue weighted by Crippen LogP contribution is -2.65. The second-order valence-electron chi connectivity index (χ2n) is 2.69. The van der Waals surface area contributed by atoms with Crippen LogP contribution in [-0.4, -0.2) is 32.0 Å². The number of nitrogens with one attached hydrogen (secondary N) is 3. The van der Waals surface area contributed by atoms with Crippen LogP contribution in [0, 0.1) is 0 Å². The van der Waals surface area contributed by atoms with Gasteiger partial charge in [-0.1, -0.05) is 0 Å². The second-order valence-corrected chi connectivity index (χ2v) is 2.69. The number of amides is 1. The minimum absolute atomic E-state index is 0.0289. The molecule has 6 heteroatoms. The molecule has 0 saturated carbocycles. The van der Waals surface area contributed by atoms with Crippen LogP contribution in [0.3, 0.4) is 0 Å². The van der Waals surface area contributed by atoms with E-state index < -0.39 is 0 Å². The number of nitrogens with two attached hydrogens (primary N) is 1. The van der Waals surface area contributed by atoms with Crippen molar-refractivity contribution < 1.29 is 9.53 Å². The Hall–Kier alpha value is -0.690. The van der Waals surface area contributed by atoms with Crippen molar-refractivity contribution in [3.05, 3.63) is 0 Å². The molecule has 1 rings (SSSR count). The van der Waals surface area contributed by atoms with Gasteiger partial charge in [0.1, 0.15) is 6.29 Å². The number of hydrazine groups is 1. The van der Waals surface area contributed by atoms with Gasteiger partial charge in [0.2, 0.25) is 5.91 Å². The Balaban J connectivity index is 2.39. The van der Waals surface area contributed by atoms with Crippen LogP contribution >= 0.6 is 0 Å². The fourth-order valence-corrected chi connectivity index (χ4v) is 1.18. The predicted octanol–water partition coefficient (Wildman–Crippen LogP) is -2.14. The molecular weight excluding hydrogens is 160 g/mol. The first kappa shape index (κ1) is 9.40. The SMILES string of the molecule is COCC1CC(=O)NC(NN)N1. The van der Waals surface area contributed by atoms with Crippen molar-refractivity contribution in [3.63, 3.8) is 0 Å². The number of hydrogen-bond acceptors (Lipinski definition) is 5. The van der Waals surface area contributed by atoms with Crippen molar-refractivity contribution in [2.75, 3.05) is 13.7 Å². The molecule has 0 spiro atoms. The predicted molar refractivity (Wildman–Crippen MR) is 42.7 cm³/mol. The summed E-state index contributed by atoms with van der Waals surface area (Å²) in [7, 11) is 1.60. The third-order valence-electron chi connectivity index (χ3n) is 1.67. The lowest BCUT2D eigenvalue weighted by Gasteiger charge is -2.30. The van der Waals surface area contributed by atoms with E-state index in [-0.39, 0.29) is 18.2 Å². The Bertz CT molecular complexity index is 164. The molecule has 1 saturated heterocycles. The zero-order chi connectivity index (χ0) is 8.97. The van der Waals surface area contributed by atoms with Crippen LogP contribution in [-0.2, 0) is 9.53 Å². The van der Waals surface area contributed by atoms with Crippen molar-refractivity contribution in [1.82, 2.24) is 16.1 Å². The second kappa shape index (κ2) is 4.36. The highest BCUT2D eigenvalue weighted by Gasteiger charge is 2.24. The first-order valence-corrected chi connectivity index (χ1v) is 3.76. The first-order chi connectivity index (χ1) is 5.76. The van der Waals surface area contributed by atoms with Gasteiger partial charge in [-0.3, -0.25) is 16.0 Å². The maximum atomic E-state index is 11.0. The average molecular weight is 174 g/mol. The highest BCUT2D eigenvalue weighted by Crippen LogP contribution is 1.98. The molecule has 0 aromatic rings. The Kier molecular flexibility index (Phi) is 3.42. The van der Waals surface area contributed by atoms with E-state index in [4.69, 9.17) is 10.6 Å². The molecule has 1 amide bonds. The average Bonchev–Trinajstić information content (AvgIpc) is 2.04. The van der Waals surface area contributed by atoms with E-state index in [2.05, 4.69) is 16.1 Å². The van der Waals surface area contributed by atoms with Crippen LogP contribution in [0.15, 0.2) is 0 Å². The number of ether oxygens (including phenoxy) is 1. The zero-order valence-electron chi connectivity index (χ0n) is 6.96. The summed E-state index contributed by atoms with van der Waals surface area (Å²) >= 11 is 0.